The van der Waals surface area contributed by atoms with E-state index in [0.29, 0.717) is 0 Å². The highest BCUT2D eigenvalue weighted by Gasteiger charge is 2.36. The molecule has 17 heavy (non-hydrogen) atoms. The number of nitrogens with zero attached hydrogens (tertiary/aromatic N) is 2. The summed E-state index contributed by atoms with van der Waals surface area (Å²) in [5.74, 6) is -1.09. The number of aryl methyl sites for hydroxylation is 1. The topological polar surface area (TPSA) is 85.5 Å². The van der Waals surface area contributed by atoms with Crippen molar-refractivity contribution in [3.8, 4) is 5.75 Å². The van der Waals surface area contributed by atoms with Crippen molar-refractivity contribution >= 4 is 5.69 Å². The minimum atomic E-state index is -5.09. The van der Waals surface area contributed by atoms with Crippen LogP contribution in [0.25, 0.3) is 0 Å². The maximum Gasteiger partial charge on any atom is 0.573 e. The summed E-state index contributed by atoms with van der Waals surface area (Å²) in [7, 11) is 0. The fraction of sp³-hybridized carbons (Fsp3) is 0.375. The second-order valence-corrected chi connectivity index (χ2v) is 3.02. The molecule has 0 aromatic carbocycles. The van der Waals surface area contributed by atoms with Crippen LogP contribution in [0.1, 0.15) is 11.4 Å². The molecule has 0 bridgehead atoms. The first-order chi connectivity index (χ1) is 7.74. The molecular weight excluding hydrogens is 245 g/mol. The van der Waals surface area contributed by atoms with Crippen LogP contribution < -0.4 is 4.74 Å². The summed E-state index contributed by atoms with van der Waals surface area (Å²) in [6.07, 6.45) is -5.09. The zero-order valence-electron chi connectivity index (χ0n) is 8.48. The van der Waals surface area contributed by atoms with Crippen LogP contribution in [0, 0.1) is 17.0 Å². The number of hydrogen-bond acceptors (Lipinski definition) is 5. The zero-order chi connectivity index (χ0) is 13.2. The van der Waals surface area contributed by atoms with Crippen molar-refractivity contribution in [3.63, 3.8) is 0 Å². The van der Waals surface area contributed by atoms with Gasteiger partial charge >= 0.3 is 12.0 Å². The SMILES string of the molecule is Cc1cc([N+](=O)[O-])c(OC(F)(F)F)c(CO)n1. The predicted octanol–water partition coefficient (Wildman–Crippen LogP) is 1.69. The van der Waals surface area contributed by atoms with Gasteiger partial charge in [0.15, 0.2) is 0 Å². The van der Waals surface area contributed by atoms with Crippen LogP contribution in [0.2, 0.25) is 0 Å². The van der Waals surface area contributed by atoms with Gasteiger partial charge in [-0.05, 0) is 6.92 Å². The summed E-state index contributed by atoms with van der Waals surface area (Å²) in [4.78, 5) is 13.1. The third-order valence-electron chi connectivity index (χ3n) is 1.72. The Morgan fingerprint density at radius 1 is 1.59 bits per heavy atom. The molecule has 0 aliphatic heterocycles. The Kier molecular flexibility index (Phi) is 3.51. The van der Waals surface area contributed by atoms with Gasteiger partial charge in [0, 0.05) is 11.8 Å². The predicted molar refractivity (Wildman–Crippen MR) is 48.2 cm³/mol. The van der Waals surface area contributed by atoms with Crippen LogP contribution in [-0.2, 0) is 6.61 Å². The van der Waals surface area contributed by atoms with Crippen molar-refractivity contribution in [2.45, 2.75) is 19.9 Å². The average Bonchev–Trinajstić information content (AvgIpc) is 2.17. The van der Waals surface area contributed by atoms with Gasteiger partial charge < -0.3 is 9.84 Å². The van der Waals surface area contributed by atoms with E-state index in [1.54, 1.807) is 0 Å². The Morgan fingerprint density at radius 3 is 2.59 bits per heavy atom. The van der Waals surface area contributed by atoms with Crippen molar-refractivity contribution in [1.82, 2.24) is 4.98 Å². The van der Waals surface area contributed by atoms with E-state index in [9.17, 15) is 23.3 Å². The first-order valence-corrected chi connectivity index (χ1v) is 4.26. The molecule has 6 nitrogen and oxygen atoms in total. The second-order valence-electron chi connectivity index (χ2n) is 3.02. The van der Waals surface area contributed by atoms with Gasteiger partial charge in [-0.2, -0.15) is 0 Å². The summed E-state index contributed by atoms with van der Waals surface area (Å²) in [6, 6.07) is 0.834. The molecule has 0 amide bonds. The van der Waals surface area contributed by atoms with Gasteiger partial charge in [-0.1, -0.05) is 0 Å². The molecule has 1 aromatic heterocycles. The molecule has 0 aliphatic rings. The largest absolute Gasteiger partial charge is 0.573 e. The highest BCUT2D eigenvalue weighted by Crippen LogP contribution is 2.34. The third kappa shape index (κ3) is 3.28. The van der Waals surface area contributed by atoms with Gasteiger partial charge in [0.2, 0.25) is 5.75 Å². The molecule has 1 aromatic rings. The van der Waals surface area contributed by atoms with E-state index < -0.39 is 35.0 Å². The first-order valence-electron chi connectivity index (χ1n) is 4.26. The number of ether oxygens (including phenoxy) is 1. The van der Waals surface area contributed by atoms with Gasteiger partial charge in [0.05, 0.1) is 11.5 Å². The standard InChI is InChI=1S/C8H7F3N2O4/c1-4-2-6(13(15)16)7(5(3-14)12-4)17-8(9,10)11/h2,14H,3H2,1H3. The fourth-order valence-corrected chi connectivity index (χ4v) is 1.18. The normalized spacial score (nSPS) is 11.4. The molecular formula is C8H7F3N2O4. The molecule has 0 aliphatic carbocycles. The highest BCUT2D eigenvalue weighted by molar-refractivity contribution is 5.50. The minimum absolute atomic E-state index is 0.107. The lowest BCUT2D eigenvalue weighted by Gasteiger charge is -2.12. The molecule has 94 valence electrons. The molecule has 0 fully saturated rings. The molecule has 1 N–H and O–H groups in total. The summed E-state index contributed by atoms with van der Waals surface area (Å²) >= 11 is 0. The highest BCUT2D eigenvalue weighted by atomic mass is 19.4. The van der Waals surface area contributed by atoms with Crippen molar-refractivity contribution in [2.24, 2.45) is 0 Å². The van der Waals surface area contributed by atoms with Crippen LogP contribution in [0.15, 0.2) is 6.07 Å². The van der Waals surface area contributed by atoms with Crippen molar-refractivity contribution in [2.75, 3.05) is 0 Å². The summed E-state index contributed by atoms with van der Waals surface area (Å²) in [5.41, 5.74) is -1.32. The molecule has 1 rings (SSSR count). The van der Waals surface area contributed by atoms with Gasteiger partial charge in [-0.3, -0.25) is 15.1 Å². The van der Waals surface area contributed by atoms with E-state index >= 15 is 0 Å². The number of pyridine rings is 1. The first kappa shape index (κ1) is 13.2. The number of rotatable bonds is 3. The molecule has 0 saturated heterocycles. The molecule has 0 atom stereocenters. The summed E-state index contributed by atoms with van der Waals surface area (Å²) in [6.45, 7) is 0.456. The molecule has 1 heterocycles. The van der Waals surface area contributed by atoms with Crippen LogP contribution in [0.3, 0.4) is 0 Å². The number of aromatic nitrogens is 1. The second kappa shape index (κ2) is 4.53. The monoisotopic (exact) mass is 252 g/mol. The minimum Gasteiger partial charge on any atom is -0.396 e. The maximum atomic E-state index is 12.0. The van der Waals surface area contributed by atoms with Crippen molar-refractivity contribution < 1.29 is 27.9 Å². The number of nitro groups is 1. The Hall–Kier alpha value is -1.90. The van der Waals surface area contributed by atoms with E-state index in [0.717, 1.165) is 6.07 Å². The van der Waals surface area contributed by atoms with Crippen LogP contribution >= 0.6 is 0 Å². The average molecular weight is 252 g/mol. The summed E-state index contributed by atoms with van der Waals surface area (Å²) < 4.78 is 39.6. The van der Waals surface area contributed by atoms with Gasteiger partial charge in [0.1, 0.15) is 5.69 Å². The Labute approximate surface area is 92.8 Å². The van der Waals surface area contributed by atoms with Gasteiger partial charge in [0.25, 0.3) is 0 Å². The zero-order valence-corrected chi connectivity index (χ0v) is 8.48. The Bertz CT molecular complexity index is 447. The van der Waals surface area contributed by atoms with E-state index in [-0.39, 0.29) is 5.69 Å². The van der Waals surface area contributed by atoms with Crippen LogP contribution in [-0.4, -0.2) is 21.4 Å². The lowest BCUT2D eigenvalue weighted by molar-refractivity contribution is -0.388. The Morgan fingerprint density at radius 2 is 2.18 bits per heavy atom. The lowest BCUT2D eigenvalue weighted by atomic mass is 10.2. The number of hydrogen-bond donors (Lipinski definition) is 1. The number of halogens is 3. The number of aliphatic hydroxyl groups is 1. The van der Waals surface area contributed by atoms with E-state index in [2.05, 4.69) is 9.72 Å². The summed E-state index contributed by atoms with van der Waals surface area (Å²) in [5, 5.41) is 19.4. The van der Waals surface area contributed by atoms with Crippen LogP contribution in [0.5, 0.6) is 5.75 Å². The molecule has 0 spiro atoms. The van der Waals surface area contributed by atoms with Gasteiger partial charge in [-0.15, -0.1) is 13.2 Å². The maximum absolute atomic E-state index is 12.0. The Balaban J connectivity index is 3.37. The van der Waals surface area contributed by atoms with Crippen molar-refractivity contribution in [1.29, 1.82) is 0 Å². The molecule has 0 unspecified atom stereocenters. The number of alkyl halides is 3. The molecule has 0 radical (unpaired) electrons. The molecule has 9 heteroatoms. The van der Waals surface area contributed by atoms with Crippen molar-refractivity contribution in [3.05, 3.63) is 27.6 Å². The smallest absolute Gasteiger partial charge is 0.396 e. The van der Waals surface area contributed by atoms with Crippen LogP contribution in [0.4, 0.5) is 18.9 Å². The number of aliphatic hydroxyl groups excluding tert-OH is 1. The third-order valence-corrected chi connectivity index (χ3v) is 1.72. The lowest BCUT2D eigenvalue weighted by Crippen LogP contribution is -2.19. The quantitative estimate of drug-likeness (QED) is 0.653. The van der Waals surface area contributed by atoms with E-state index in [4.69, 9.17) is 5.11 Å². The van der Waals surface area contributed by atoms with E-state index in [1.807, 2.05) is 0 Å². The fourth-order valence-electron chi connectivity index (χ4n) is 1.18. The molecule has 0 saturated carbocycles. The van der Waals surface area contributed by atoms with Gasteiger partial charge in [-0.25, -0.2) is 0 Å². The van der Waals surface area contributed by atoms with E-state index in [1.165, 1.54) is 6.92 Å².